The third-order valence-electron chi connectivity index (χ3n) is 4.49. The van der Waals surface area contributed by atoms with E-state index in [-0.39, 0.29) is 28.0 Å². The fourth-order valence-corrected chi connectivity index (χ4v) is 2.95. The van der Waals surface area contributed by atoms with Gasteiger partial charge in [0.15, 0.2) is 17.6 Å². The van der Waals surface area contributed by atoms with Gasteiger partial charge in [-0.2, -0.15) is 0 Å². The van der Waals surface area contributed by atoms with Gasteiger partial charge < -0.3 is 39.4 Å². The second kappa shape index (κ2) is 6.80. The van der Waals surface area contributed by atoms with E-state index >= 15 is 0 Å². The molecule has 146 valence electrons. The zero-order chi connectivity index (χ0) is 20.0. The van der Waals surface area contributed by atoms with E-state index in [0.29, 0.717) is 5.56 Å². The minimum Gasteiger partial charge on any atom is -0.508 e. The van der Waals surface area contributed by atoms with Crippen molar-refractivity contribution in [3.63, 3.8) is 0 Å². The number of fused-ring (bicyclic) bond motifs is 1. The average Bonchev–Trinajstić information content (AvgIpc) is 2.92. The SMILES string of the molecule is O=c1c(-c2ccc(O)cc2)coc2c(O)c(OC3OC(O)C(O)C3O)ccc12. The van der Waals surface area contributed by atoms with Crippen molar-refractivity contribution in [1.29, 1.82) is 0 Å². The molecular weight excluding hydrogens is 372 g/mol. The second-order valence-corrected chi connectivity index (χ2v) is 6.31. The van der Waals surface area contributed by atoms with Crippen LogP contribution in [0.15, 0.2) is 51.9 Å². The summed E-state index contributed by atoms with van der Waals surface area (Å²) >= 11 is 0. The van der Waals surface area contributed by atoms with E-state index in [9.17, 15) is 30.3 Å². The Morgan fingerprint density at radius 2 is 1.64 bits per heavy atom. The standard InChI is InChI=1S/C19H16O9/c20-9-3-1-8(2-4-9)11-7-26-17-10(13(11)21)5-6-12(14(17)22)27-19-16(24)15(23)18(25)28-19/h1-7,15-16,18-20,22-25H. The van der Waals surface area contributed by atoms with E-state index in [1.54, 1.807) is 12.1 Å². The number of aliphatic hydroxyl groups is 3. The molecule has 0 radical (unpaired) electrons. The van der Waals surface area contributed by atoms with Crippen molar-refractivity contribution in [2.24, 2.45) is 0 Å². The molecule has 0 spiro atoms. The number of aromatic hydroxyl groups is 2. The maximum atomic E-state index is 12.8. The lowest BCUT2D eigenvalue weighted by Gasteiger charge is -2.17. The lowest BCUT2D eigenvalue weighted by Crippen LogP contribution is -2.34. The van der Waals surface area contributed by atoms with Gasteiger partial charge in [-0.15, -0.1) is 0 Å². The van der Waals surface area contributed by atoms with Crippen LogP contribution in [0.25, 0.3) is 22.1 Å². The van der Waals surface area contributed by atoms with Crippen molar-refractivity contribution in [3.05, 3.63) is 52.9 Å². The Kier molecular flexibility index (Phi) is 4.44. The van der Waals surface area contributed by atoms with E-state index in [1.807, 2.05) is 0 Å². The molecule has 1 fully saturated rings. The number of hydrogen-bond donors (Lipinski definition) is 5. The molecule has 1 aliphatic heterocycles. The highest BCUT2D eigenvalue weighted by Gasteiger charge is 2.43. The van der Waals surface area contributed by atoms with Crippen LogP contribution >= 0.6 is 0 Å². The van der Waals surface area contributed by atoms with Crippen molar-refractivity contribution in [2.45, 2.75) is 24.8 Å². The summed E-state index contributed by atoms with van der Waals surface area (Å²) in [6.07, 6.45) is -4.97. The first-order chi connectivity index (χ1) is 13.4. The normalized spacial score (nSPS) is 24.5. The zero-order valence-corrected chi connectivity index (χ0v) is 14.2. The molecule has 1 saturated heterocycles. The summed E-state index contributed by atoms with van der Waals surface area (Å²) in [6.45, 7) is 0. The van der Waals surface area contributed by atoms with Gasteiger partial charge >= 0.3 is 0 Å². The molecule has 1 aliphatic rings. The number of hydrogen-bond acceptors (Lipinski definition) is 9. The van der Waals surface area contributed by atoms with Crippen LogP contribution < -0.4 is 10.2 Å². The van der Waals surface area contributed by atoms with Gasteiger partial charge in [0.05, 0.1) is 10.9 Å². The van der Waals surface area contributed by atoms with Gasteiger partial charge in [-0.25, -0.2) is 0 Å². The number of aliphatic hydroxyl groups excluding tert-OH is 3. The quantitative estimate of drug-likeness (QED) is 0.436. The molecule has 0 amide bonds. The molecular formula is C19H16O9. The first-order valence-corrected chi connectivity index (χ1v) is 8.30. The molecule has 9 heteroatoms. The highest BCUT2D eigenvalue weighted by atomic mass is 16.8. The van der Waals surface area contributed by atoms with Crippen molar-refractivity contribution >= 4 is 11.0 Å². The van der Waals surface area contributed by atoms with Gasteiger partial charge in [0.1, 0.15) is 24.2 Å². The van der Waals surface area contributed by atoms with Gasteiger partial charge in [0.25, 0.3) is 0 Å². The van der Waals surface area contributed by atoms with Gasteiger partial charge in [-0.3, -0.25) is 4.79 Å². The van der Waals surface area contributed by atoms with Gasteiger partial charge in [0, 0.05) is 0 Å². The van der Waals surface area contributed by atoms with Crippen LogP contribution in [0.1, 0.15) is 0 Å². The third kappa shape index (κ3) is 2.96. The molecule has 2 aromatic carbocycles. The Hall–Kier alpha value is -3.11. The van der Waals surface area contributed by atoms with Crippen LogP contribution in [0.4, 0.5) is 0 Å². The van der Waals surface area contributed by atoms with Crippen LogP contribution in [-0.2, 0) is 4.74 Å². The molecule has 1 aromatic heterocycles. The largest absolute Gasteiger partial charge is 0.508 e. The molecule has 0 aliphatic carbocycles. The predicted molar refractivity (Wildman–Crippen MR) is 94.8 cm³/mol. The van der Waals surface area contributed by atoms with Crippen molar-refractivity contribution in [2.75, 3.05) is 0 Å². The van der Waals surface area contributed by atoms with Crippen molar-refractivity contribution in [1.82, 2.24) is 0 Å². The first kappa shape index (κ1) is 18.3. The van der Waals surface area contributed by atoms with Crippen molar-refractivity contribution < 1.29 is 39.4 Å². The number of ether oxygens (including phenoxy) is 2. The average molecular weight is 388 g/mol. The highest BCUT2D eigenvalue weighted by Crippen LogP contribution is 2.36. The van der Waals surface area contributed by atoms with Crippen LogP contribution in [0.3, 0.4) is 0 Å². The smallest absolute Gasteiger partial charge is 0.231 e. The van der Waals surface area contributed by atoms with E-state index in [2.05, 4.69) is 0 Å². The molecule has 3 aromatic rings. The zero-order valence-electron chi connectivity index (χ0n) is 14.2. The molecule has 4 unspecified atom stereocenters. The maximum Gasteiger partial charge on any atom is 0.231 e. The van der Waals surface area contributed by atoms with E-state index in [0.717, 1.165) is 0 Å². The first-order valence-electron chi connectivity index (χ1n) is 8.30. The number of rotatable bonds is 3. The second-order valence-electron chi connectivity index (χ2n) is 6.31. The third-order valence-corrected chi connectivity index (χ3v) is 4.49. The van der Waals surface area contributed by atoms with E-state index < -0.39 is 36.0 Å². The summed E-state index contributed by atoms with van der Waals surface area (Å²) in [5.74, 6) is -0.614. The summed E-state index contributed by atoms with van der Waals surface area (Å²) in [4.78, 5) is 12.8. The number of phenols is 2. The summed E-state index contributed by atoms with van der Waals surface area (Å²) in [5, 5.41) is 48.5. The lowest BCUT2D eigenvalue weighted by molar-refractivity contribution is -0.171. The Morgan fingerprint density at radius 3 is 2.29 bits per heavy atom. The molecule has 5 N–H and O–H groups in total. The highest BCUT2D eigenvalue weighted by molar-refractivity contribution is 5.87. The summed E-state index contributed by atoms with van der Waals surface area (Å²) in [7, 11) is 0. The fourth-order valence-electron chi connectivity index (χ4n) is 2.95. The Bertz CT molecular complexity index is 1070. The summed E-state index contributed by atoms with van der Waals surface area (Å²) in [6, 6.07) is 8.63. The van der Waals surface area contributed by atoms with Gasteiger partial charge in [0.2, 0.25) is 17.5 Å². The monoisotopic (exact) mass is 388 g/mol. The van der Waals surface area contributed by atoms with Gasteiger partial charge in [-0.1, -0.05) is 12.1 Å². The van der Waals surface area contributed by atoms with Gasteiger partial charge in [-0.05, 0) is 29.8 Å². The lowest BCUT2D eigenvalue weighted by atomic mass is 10.1. The Morgan fingerprint density at radius 1 is 0.929 bits per heavy atom. The molecule has 4 rings (SSSR count). The topological polar surface area (TPSA) is 150 Å². The van der Waals surface area contributed by atoms with Crippen LogP contribution in [0.2, 0.25) is 0 Å². The van der Waals surface area contributed by atoms with Crippen LogP contribution in [0.5, 0.6) is 17.2 Å². The minimum atomic E-state index is -1.63. The molecule has 28 heavy (non-hydrogen) atoms. The Balaban J connectivity index is 1.71. The van der Waals surface area contributed by atoms with Crippen LogP contribution in [0, 0.1) is 0 Å². The summed E-state index contributed by atoms with van der Waals surface area (Å²) < 4.78 is 15.6. The molecule has 0 saturated carbocycles. The number of benzene rings is 2. The van der Waals surface area contributed by atoms with E-state index in [1.165, 1.54) is 30.5 Å². The van der Waals surface area contributed by atoms with Crippen molar-refractivity contribution in [3.8, 4) is 28.4 Å². The van der Waals surface area contributed by atoms with E-state index in [4.69, 9.17) is 13.9 Å². The molecule has 9 nitrogen and oxygen atoms in total. The minimum absolute atomic E-state index is 0.0555. The molecule has 0 bridgehead atoms. The molecule has 4 atom stereocenters. The maximum absolute atomic E-state index is 12.8. The predicted octanol–water partition coefficient (Wildman–Crippen LogP) is 0.646. The summed E-state index contributed by atoms with van der Waals surface area (Å²) in [5.41, 5.74) is 0.218. The Labute approximate surface area is 157 Å². The molecule has 2 heterocycles. The van der Waals surface area contributed by atoms with Crippen LogP contribution in [-0.4, -0.2) is 50.3 Å². The fraction of sp³-hybridized carbons (Fsp3) is 0.211. The number of phenolic OH excluding ortho intramolecular Hbond substituents is 2.